The number of hydrogen-bond donors (Lipinski definition) is 3. The molecule has 6 nitrogen and oxygen atoms in total. The molecule has 1 aromatic rings. The van der Waals surface area contributed by atoms with E-state index < -0.39 is 13.5 Å². The Morgan fingerprint density at radius 3 is 2.64 bits per heavy atom. The molecule has 0 fully saturated rings. The number of carbonyl (C=O) groups is 1. The fraction of sp³-hybridized carbons (Fsp3) is 0.286. The number of hydrogen-bond acceptors (Lipinski definition) is 3. The van der Waals surface area contributed by atoms with E-state index in [2.05, 4.69) is 0 Å². The maximum absolute atomic E-state index is 11.3. The molecule has 1 rings (SSSR count). The van der Waals surface area contributed by atoms with Crippen LogP contribution < -0.4 is 16.1 Å². The van der Waals surface area contributed by atoms with Crippen LogP contribution in [0.5, 0.6) is 0 Å². The summed E-state index contributed by atoms with van der Waals surface area (Å²) in [6.07, 6.45) is 0.677. The topological polar surface area (TPSA) is 111 Å². The van der Waals surface area contributed by atoms with Gasteiger partial charge in [-0.15, -0.1) is 0 Å². The van der Waals surface area contributed by atoms with Gasteiger partial charge in [0.05, 0.1) is 0 Å². The van der Waals surface area contributed by atoms with E-state index in [-0.39, 0.29) is 5.76 Å². The zero-order chi connectivity index (χ0) is 10.8. The summed E-state index contributed by atoms with van der Waals surface area (Å²) in [4.78, 5) is 11.3. The Morgan fingerprint density at radius 1 is 1.57 bits per heavy atom. The summed E-state index contributed by atoms with van der Waals surface area (Å²) in [7, 11) is -3.55. The van der Waals surface area contributed by atoms with Crippen molar-refractivity contribution in [3.05, 3.63) is 23.7 Å². The van der Waals surface area contributed by atoms with Crippen molar-refractivity contribution in [2.75, 3.05) is 0 Å². The van der Waals surface area contributed by atoms with E-state index in [1.165, 1.54) is 6.07 Å². The summed E-state index contributed by atoms with van der Waals surface area (Å²) in [6.45, 7) is 1.89. The molecule has 1 amide bonds. The average molecular weight is 217 g/mol. The van der Waals surface area contributed by atoms with Gasteiger partial charge in [0.25, 0.3) is 5.91 Å². The first-order valence-corrected chi connectivity index (χ1v) is 5.85. The lowest BCUT2D eigenvalue weighted by Crippen LogP contribution is -2.28. The van der Waals surface area contributed by atoms with Gasteiger partial charge >= 0.3 is 7.59 Å². The third-order valence-corrected chi connectivity index (χ3v) is 2.06. The van der Waals surface area contributed by atoms with Gasteiger partial charge in [-0.25, -0.2) is 0 Å². The van der Waals surface area contributed by atoms with Crippen LogP contribution in [0, 0.1) is 0 Å². The number of nitrogens with two attached hydrogens (primary N) is 2. The predicted octanol–water partition coefficient (Wildman–Crippen LogP) is 0.597. The first-order valence-electron chi connectivity index (χ1n) is 4.01. The molecule has 0 aliphatic rings. The third-order valence-electron chi connectivity index (χ3n) is 1.51. The highest BCUT2D eigenvalue weighted by Gasteiger charge is 2.17. The predicted molar refractivity (Wildman–Crippen MR) is 51.5 cm³/mol. The molecule has 7 heteroatoms. The molecule has 1 heterocycles. The van der Waals surface area contributed by atoms with Crippen molar-refractivity contribution in [3.8, 4) is 0 Å². The van der Waals surface area contributed by atoms with Gasteiger partial charge in [-0.05, 0) is 12.1 Å². The van der Waals surface area contributed by atoms with Gasteiger partial charge in [0, 0.05) is 6.42 Å². The number of carbonyl (C=O) groups excluding carboxylic acids is 1. The van der Waals surface area contributed by atoms with Gasteiger partial charge in [0.15, 0.2) is 5.76 Å². The SMILES string of the molecule is CCc1ccc(C(=O)NP(N)(N)=O)o1. The van der Waals surface area contributed by atoms with Crippen LogP contribution in [-0.4, -0.2) is 5.91 Å². The minimum atomic E-state index is -3.55. The van der Waals surface area contributed by atoms with Crippen molar-refractivity contribution in [2.45, 2.75) is 13.3 Å². The second-order valence-electron chi connectivity index (χ2n) is 2.77. The Labute approximate surface area is 81.2 Å². The first-order chi connectivity index (χ1) is 6.42. The highest BCUT2D eigenvalue weighted by molar-refractivity contribution is 7.57. The maximum atomic E-state index is 11.3. The van der Waals surface area contributed by atoms with Crippen molar-refractivity contribution < 1.29 is 13.8 Å². The molecule has 0 radical (unpaired) electrons. The Kier molecular flexibility index (Phi) is 3.10. The largest absolute Gasteiger partial charge is 0.456 e. The summed E-state index contributed by atoms with van der Waals surface area (Å²) >= 11 is 0. The fourth-order valence-electron chi connectivity index (χ4n) is 0.904. The van der Waals surface area contributed by atoms with Crippen LogP contribution in [0.15, 0.2) is 16.5 Å². The molecule has 0 unspecified atom stereocenters. The Morgan fingerprint density at radius 2 is 2.21 bits per heavy atom. The summed E-state index contributed by atoms with van der Waals surface area (Å²) < 4.78 is 16.0. The first kappa shape index (κ1) is 11.0. The summed E-state index contributed by atoms with van der Waals surface area (Å²) in [5.74, 6) is 0.0510. The van der Waals surface area contributed by atoms with E-state index >= 15 is 0 Å². The Balaban J connectivity index is 2.75. The lowest BCUT2D eigenvalue weighted by atomic mass is 10.3. The number of amides is 1. The van der Waals surface area contributed by atoms with E-state index in [1.807, 2.05) is 12.0 Å². The van der Waals surface area contributed by atoms with Gasteiger partial charge in [0.2, 0.25) is 0 Å². The van der Waals surface area contributed by atoms with Crippen LogP contribution >= 0.6 is 7.59 Å². The van der Waals surface area contributed by atoms with Crippen molar-refractivity contribution in [2.24, 2.45) is 11.0 Å². The minimum absolute atomic E-state index is 0.0537. The zero-order valence-corrected chi connectivity index (χ0v) is 8.58. The Bertz CT molecular complexity index is 381. The smallest absolute Gasteiger partial charge is 0.300 e. The van der Waals surface area contributed by atoms with Gasteiger partial charge in [-0.3, -0.25) is 25.5 Å². The molecule has 0 aliphatic heterocycles. The van der Waals surface area contributed by atoms with Gasteiger partial charge in [-0.1, -0.05) is 6.92 Å². The number of furan rings is 1. The minimum Gasteiger partial charge on any atom is -0.456 e. The summed E-state index contributed by atoms with van der Waals surface area (Å²) in [5, 5.41) is 1.95. The van der Waals surface area contributed by atoms with Gasteiger partial charge in [-0.2, -0.15) is 0 Å². The van der Waals surface area contributed by atoms with Crippen LogP contribution in [0.2, 0.25) is 0 Å². The molecule has 0 bridgehead atoms. The summed E-state index contributed by atoms with van der Waals surface area (Å²) in [6, 6.07) is 3.14. The Hall–Kier alpha value is -1.10. The molecule has 14 heavy (non-hydrogen) atoms. The zero-order valence-electron chi connectivity index (χ0n) is 7.69. The van der Waals surface area contributed by atoms with Crippen LogP contribution in [0.3, 0.4) is 0 Å². The number of nitrogens with one attached hydrogen (secondary N) is 1. The molecule has 0 atom stereocenters. The van der Waals surface area contributed by atoms with Crippen LogP contribution in [-0.2, 0) is 11.0 Å². The van der Waals surface area contributed by atoms with E-state index in [4.69, 9.17) is 15.4 Å². The van der Waals surface area contributed by atoms with Crippen molar-refractivity contribution in [1.82, 2.24) is 5.09 Å². The fourth-order valence-corrected chi connectivity index (χ4v) is 1.33. The van der Waals surface area contributed by atoms with E-state index in [0.717, 1.165) is 0 Å². The molecule has 0 saturated heterocycles. The molecule has 0 saturated carbocycles. The van der Waals surface area contributed by atoms with E-state index in [0.29, 0.717) is 12.2 Å². The van der Waals surface area contributed by atoms with Gasteiger partial charge < -0.3 is 4.42 Å². The van der Waals surface area contributed by atoms with Crippen molar-refractivity contribution in [1.29, 1.82) is 0 Å². The molecule has 0 aliphatic carbocycles. The number of rotatable bonds is 3. The third kappa shape index (κ3) is 2.99. The van der Waals surface area contributed by atoms with Gasteiger partial charge in [0.1, 0.15) is 5.76 Å². The number of aryl methyl sites for hydroxylation is 1. The van der Waals surface area contributed by atoms with Crippen molar-refractivity contribution in [3.63, 3.8) is 0 Å². The second-order valence-corrected chi connectivity index (χ2v) is 4.41. The maximum Gasteiger partial charge on any atom is 0.300 e. The van der Waals surface area contributed by atoms with E-state index in [1.54, 1.807) is 6.07 Å². The van der Waals surface area contributed by atoms with Crippen LogP contribution in [0.25, 0.3) is 0 Å². The monoisotopic (exact) mass is 217 g/mol. The normalized spacial score (nSPS) is 11.4. The molecule has 5 N–H and O–H groups in total. The van der Waals surface area contributed by atoms with Crippen LogP contribution in [0.1, 0.15) is 23.2 Å². The highest BCUT2D eigenvalue weighted by atomic mass is 31.2. The lowest BCUT2D eigenvalue weighted by molar-refractivity contribution is 0.0952. The quantitative estimate of drug-likeness (QED) is 0.642. The summed E-state index contributed by atoms with van der Waals surface area (Å²) in [5.41, 5.74) is 9.95. The molecular formula is C7H12N3O3P. The molecule has 0 aromatic carbocycles. The van der Waals surface area contributed by atoms with Crippen LogP contribution in [0.4, 0.5) is 0 Å². The lowest BCUT2D eigenvalue weighted by Gasteiger charge is -2.06. The molecule has 0 spiro atoms. The molecule has 78 valence electrons. The highest BCUT2D eigenvalue weighted by Crippen LogP contribution is 2.19. The second kappa shape index (κ2) is 3.96. The van der Waals surface area contributed by atoms with E-state index in [9.17, 15) is 9.36 Å². The molecular weight excluding hydrogens is 205 g/mol. The molecule has 1 aromatic heterocycles. The van der Waals surface area contributed by atoms with Crippen molar-refractivity contribution >= 4 is 13.5 Å². The average Bonchev–Trinajstić information content (AvgIpc) is 2.48. The standard InChI is InChI=1S/C7H12N3O3P/c1-2-5-3-4-6(13-5)7(11)10-14(8,9)12/h3-4H,2H2,1H3,(H5,8,9,10,11,12).